The van der Waals surface area contributed by atoms with Gasteiger partial charge in [-0.15, -0.1) is 0 Å². The molecule has 176 valence electrons. The van der Waals surface area contributed by atoms with Gasteiger partial charge in [0.05, 0.1) is 11.4 Å². The number of aromatic nitrogens is 2. The van der Waals surface area contributed by atoms with E-state index in [1.807, 2.05) is 88.4 Å². The highest BCUT2D eigenvalue weighted by molar-refractivity contribution is 7.99. The molecule has 0 atom stereocenters. The van der Waals surface area contributed by atoms with Crippen molar-refractivity contribution in [2.75, 3.05) is 11.1 Å². The normalized spacial score (nSPS) is 11.3. The molecule has 1 amide bonds. The fourth-order valence-electron chi connectivity index (χ4n) is 4.17. The number of aryl methyl sites for hydroxylation is 4. The summed E-state index contributed by atoms with van der Waals surface area (Å²) in [5, 5.41) is 4.15. The Bertz CT molecular complexity index is 1650. The molecule has 7 heteroatoms. The van der Waals surface area contributed by atoms with Gasteiger partial charge >= 0.3 is 5.56 Å². The second-order valence-corrected chi connectivity index (χ2v) is 9.74. The standard InChI is InChI=1S/C28H25N3O3S/c1-16-11-17(2)13-21(12-16)31-27(33)26-25(22-7-5-6-8-23(22)34-26)30-28(31)35-15-24(32)29-20-10-9-18(3)19(4)14-20/h5-14H,15H2,1-4H3,(H,29,32). The number of carbonyl (C=O) groups excluding carboxylic acids is 1. The Morgan fingerprint density at radius 1 is 0.971 bits per heavy atom. The zero-order valence-corrected chi connectivity index (χ0v) is 20.8. The van der Waals surface area contributed by atoms with E-state index in [1.165, 1.54) is 17.3 Å². The maximum Gasteiger partial charge on any atom is 0.302 e. The predicted molar refractivity (Wildman–Crippen MR) is 142 cm³/mol. The summed E-state index contributed by atoms with van der Waals surface area (Å²) < 4.78 is 7.44. The van der Waals surface area contributed by atoms with Crippen molar-refractivity contribution in [3.63, 3.8) is 0 Å². The van der Waals surface area contributed by atoms with Crippen LogP contribution in [-0.4, -0.2) is 21.2 Å². The van der Waals surface area contributed by atoms with Crippen molar-refractivity contribution in [2.24, 2.45) is 0 Å². The van der Waals surface area contributed by atoms with Crippen LogP contribution in [0.25, 0.3) is 27.8 Å². The Morgan fingerprint density at radius 2 is 1.71 bits per heavy atom. The highest BCUT2D eigenvalue weighted by Crippen LogP contribution is 2.29. The molecule has 0 aliphatic heterocycles. The van der Waals surface area contributed by atoms with Crippen LogP contribution in [0.15, 0.2) is 75.0 Å². The molecule has 1 N–H and O–H groups in total. The number of thioether (sulfide) groups is 1. The first-order chi connectivity index (χ1) is 16.8. The summed E-state index contributed by atoms with van der Waals surface area (Å²) in [5.74, 6) is -0.0672. The van der Waals surface area contributed by atoms with Crippen molar-refractivity contribution < 1.29 is 9.21 Å². The SMILES string of the molecule is Cc1cc(C)cc(-n2c(SCC(=O)Nc3ccc(C)c(C)c3)nc3c(oc4ccccc43)c2=O)c1. The van der Waals surface area contributed by atoms with Crippen LogP contribution < -0.4 is 10.9 Å². The van der Waals surface area contributed by atoms with Crippen molar-refractivity contribution in [1.82, 2.24) is 9.55 Å². The first-order valence-corrected chi connectivity index (χ1v) is 12.3. The van der Waals surface area contributed by atoms with E-state index < -0.39 is 0 Å². The van der Waals surface area contributed by atoms with E-state index in [0.29, 0.717) is 21.9 Å². The van der Waals surface area contributed by atoms with E-state index >= 15 is 0 Å². The summed E-state index contributed by atoms with van der Waals surface area (Å²) in [4.78, 5) is 31.3. The Hall–Kier alpha value is -3.84. The molecule has 6 nitrogen and oxygen atoms in total. The molecule has 3 aromatic carbocycles. The predicted octanol–water partition coefficient (Wildman–Crippen LogP) is 6.10. The van der Waals surface area contributed by atoms with E-state index in [2.05, 4.69) is 5.32 Å². The monoisotopic (exact) mass is 483 g/mol. The van der Waals surface area contributed by atoms with Crippen LogP contribution in [0, 0.1) is 27.7 Å². The Balaban J connectivity index is 1.57. The fraction of sp³-hybridized carbons (Fsp3) is 0.179. The molecule has 2 heterocycles. The van der Waals surface area contributed by atoms with Crippen LogP contribution in [0.2, 0.25) is 0 Å². The molecule has 0 spiro atoms. The van der Waals surface area contributed by atoms with Crippen molar-refractivity contribution >= 4 is 45.4 Å². The van der Waals surface area contributed by atoms with Crippen LogP contribution in [0.3, 0.4) is 0 Å². The lowest BCUT2D eigenvalue weighted by atomic mass is 10.1. The van der Waals surface area contributed by atoms with Crippen LogP contribution >= 0.6 is 11.8 Å². The number of rotatable bonds is 5. The molecule has 0 aliphatic rings. The molecule has 0 bridgehead atoms. The van der Waals surface area contributed by atoms with Gasteiger partial charge < -0.3 is 9.73 Å². The van der Waals surface area contributed by atoms with E-state index in [-0.39, 0.29) is 22.8 Å². The number of fused-ring (bicyclic) bond motifs is 3. The van der Waals surface area contributed by atoms with Gasteiger partial charge in [-0.3, -0.25) is 14.2 Å². The summed E-state index contributed by atoms with van der Waals surface area (Å²) >= 11 is 1.23. The van der Waals surface area contributed by atoms with Crippen LogP contribution in [0.1, 0.15) is 22.3 Å². The lowest BCUT2D eigenvalue weighted by Gasteiger charge is -2.13. The third-order valence-electron chi connectivity index (χ3n) is 5.95. The summed E-state index contributed by atoms with van der Waals surface area (Å²) in [5.41, 5.74) is 6.78. The molecule has 5 rings (SSSR count). The molecule has 35 heavy (non-hydrogen) atoms. The summed E-state index contributed by atoms with van der Waals surface area (Å²) in [6, 6.07) is 19.2. The number of para-hydroxylation sites is 1. The lowest BCUT2D eigenvalue weighted by Crippen LogP contribution is -2.22. The minimum absolute atomic E-state index is 0.103. The second kappa shape index (κ2) is 9.07. The number of nitrogens with one attached hydrogen (secondary N) is 1. The molecule has 0 fully saturated rings. The summed E-state index contributed by atoms with van der Waals surface area (Å²) in [7, 11) is 0. The number of amides is 1. The van der Waals surface area contributed by atoms with Gasteiger partial charge in [-0.2, -0.15) is 0 Å². The number of hydrogen-bond donors (Lipinski definition) is 1. The Kier molecular flexibility index (Phi) is 5.94. The van der Waals surface area contributed by atoms with Crippen molar-refractivity contribution in [3.05, 3.63) is 93.3 Å². The first-order valence-electron chi connectivity index (χ1n) is 11.3. The smallest absolute Gasteiger partial charge is 0.302 e. The van der Waals surface area contributed by atoms with Crippen LogP contribution in [0.5, 0.6) is 0 Å². The molecular weight excluding hydrogens is 458 g/mol. The molecule has 0 unspecified atom stereocenters. The molecule has 0 radical (unpaired) electrons. The van der Waals surface area contributed by atoms with Crippen molar-refractivity contribution in [1.29, 1.82) is 0 Å². The Morgan fingerprint density at radius 3 is 2.46 bits per heavy atom. The number of nitrogens with zero attached hydrogens (tertiary/aromatic N) is 2. The maximum atomic E-state index is 13.7. The number of carbonyl (C=O) groups is 1. The minimum atomic E-state index is -0.298. The van der Waals surface area contributed by atoms with E-state index in [1.54, 1.807) is 4.57 Å². The van der Waals surface area contributed by atoms with Gasteiger partial charge in [0.2, 0.25) is 11.5 Å². The number of furan rings is 1. The quantitative estimate of drug-likeness (QED) is 0.242. The largest absolute Gasteiger partial charge is 0.448 e. The zero-order chi connectivity index (χ0) is 24.7. The zero-order valence-electron chi connectivity index (χ0n) is 20.0. The molecule has 2 aromatic heterocycles. The molecule has 0 saturated carbocycles. The third-order valence-corrected chi connectivity index (χ3v) is 6.89. The maximum absolute atomic E-state index is 13.7. The highest BCUT2D eigenvalue weighted by atomic mass is 32.2. The average molecular weight is 484 g/mol. The summed E-state index contributed by atoms with van der Waals surface area (Å²) in [6.07, 6.45) is 0. The molecule has 5 aromatic rings. The van der Waals surface area contributed by atoms with Gasteiger partial charge in [-0.1, -0.05) is 36.0 Å². The molecular formula is C28H25N3O3S. The van der Waals surface area contributed by atoms with Gasteiger partial charge in [-0.25, -0.2) is 4.98 Å². The van der Waals surface area contributed by atoms with Crippen molar-refractivity contribution in [2.45, 2.75) is 32.9 Å². The average Bonchev–Trinajstić information content (AvgIpc) is 3.18. The number of hydrogen-bond acceptors (Lipinski definition) is 5. The second-order valence-electron chi connectivity index (χ2n) is 8.79. The highest BCUT2D eigenvalue weighted by Gasteiger charge is 2.20. The molecule has 0 saturated heterocycles. The number of benzene rings is 3. The molecule has 0 aliphatic carbocycles. The lowest BCUT2D eigenvalue weighted by molar-refractivity contribution is -0.113. The van der Waals surface area contributed by atoms with Crippen LogP contribution in [0.4, 0.5) is 5.69 Å². The van der Waals surface area contributed by atoms with Gasteiger partial charge in [0.15, 0.2) is 5.16 Å². The Labute approximate surface area is 207 Å². The van der Waals surface area contributed by atoms with Gasteiger partial charge in [0, 0.05) is 11.1 Å². The summed E-state index contributed by atoms with van der Waals surface area (Å²) in [6.45, 7) is 8.01. The van der Waals surface area contributed by atoms with Crippen LogP contribution in [-0.2, 0) is 4.79 Å². The van der Waals surface area contributed by atoms with Gasteiger partial charge in [0.1, 0.15) is 11.1 Å². The van der Waals surface area contributed by atoms with E-state index in [4.69, 9.17) is 9.40 Å². The van der Waals surface area contributed by atoms with Crippen molar-refractivity contribution in [3.8, 4) is 5.69 Å². The van der Waals surface area contributed by atoms with E-state index in [0.717, 1.165) is 27.8 Å². The minimum Gasteiger partial charge on any atom is -0.448 e. The van der Waals surface area contributed by atoms with Gasteiger partial charge in [-0.05, 0) is 86.3 Å². The first kappa shape index (κ1) is 22.9. The van der Waals surface area contributed by atoms with E-state index in [9.17, 15) is 9.59 Å². The third kappa shape index (κ3) is 4.47. The fourth-order valence-corrected chi connectivity index (χ4v) is 4.98. The topological polar surface area (TPSA) is 77.1 Å². The number of anilines is 1. The van der Waals surface area contributed by atoms with Gasteiger partial charge in [0.25, 0.3) is 0 Å².